The number of carbonyl (C=O) groups excluding carboxylic acids is 2. The third kappa shape index (κ3) is 5.01. The molecule has 0 aromatic heterocycles. The van der Waals surface area contributed by atoms with Crippen molar-refractivity contribution in [2.24, 2.45) is 0 Å². The number of esters is 1. The van der Waals surface area contributed by atoms with E-state index < -0.39 is 33.8 Å². The fourth-order valence-electron chi connectivity index (χ4n) is 3.31. The maximum atomic E-state index is 13.2. The first-order chi connectivity index (χ1) is 15.0. The summed E-state index contributed by atoms with van der Waals surface area (Å²) in [5.74, 6) is -1.04. The van der Waals surface area contributed by atoms with E-state index in [2.05, 4.69) is 6.58 Å². The van der Waals surface area contributed by atoms with Crippen molar-refractivity contribution in [2.75, 3.05) is 10.8 Å². The molecule has 0 amide bonds. The van der Waals surface area contributed by atoms with Crippen molar-refractivity contribution < 1.29 is 35.9 Å². The molecule has 0 spiro atoms. The molecular weight excluding hydrogens is 447 g/mol. The average Bonchev–Trinajstić information content (AvgIpc) is 3.15. The van der Waals surface area contributed by atoms with E-state index in [4.69, 9.17) is 4.74 Å². The summed E-state index contributed by atoms with van der Waals surface area (Å²) in [7, 11) is -4.35. The first kappa shape index (κ1) is 23.5. The van der Waals surface area contributed by atoms with E-state index in [-0.39, 0.29) is 28.5 Å². The van der Waals surface area contributed by atoms with Gasteiger partial charge in [0, 0.05) is 6.42 Å². The molecule has 170 valence electrons. The number of alkyl halides is 3. The van der Waals surface area contributed by atoms with Crippen LogP contribution in [-0.2, 0) is 25.7 Å². The summed E-state index contributed by atoms with van der Waals surface area (Å²) in [5.41, 5.74) is -1.30. The minimum absolute atomic E-state index is 0.0895. The van der Waals surface area contributed by atoms with E-state index in [1.54, 1.807) is 0 Å². The van der Waals surface area contributed by atoms with Gasteiger partial charge in [-0.1, -0.05) is 18.2 Å². The molecule has 0 unspecified atom stereocenters. The van der Waals surface area contributed by atoms with Crippen molar-refractivity contribution >= 4 is 27.5 Å². The molecule has 1 saturated carbocycles. The summed E-state index contributed by atoms with van der Waals surface area (Å²) in [4.78, 5) is 23.8. The SMILES string of the molecule is C=CCN(c1cccc(C(F)(F)F)c1)S(=O)(=O)c1cccc(C(=O)O[C@@H]2CCCC2=O)c1. The number of benzene rings is 2. The van der Waals surface area contributed by atoms with Crippen molar-refractivity contribution in [1.82, 2.24) is 0 Å². The predicted molar refractivity (Wildman–Crippen MR) is 111 cm³/mol. The number of carbonyl (C=O) groups is 2. The minimum atomic E-state index is -4.65. The fourth-order valence-corrected chi connectivity index (χ4v) is 4.79. The van der Waals surface area contributed by atoms with E-state index in [0.29, 0.717) is 19.3 Å². The Morgan fingerprint density at radius 2 is 1.91 bits per heavy atom. The molecule has 0 aliphatic heterocycles. The third-order valence-electron chi connectivity index (χ3n) is 4.91. The van der Waals surface area contributed by atoms with Gasteiger partial charge in [-0.05, 0) is 49.2 Å². The van der Waals surface area contributed by atoms with Gasteiger partial charge in [0.15, 0.2) is 11.9 Å². The van der Waals surface area contributed by atoms with Gasteiger partial charge in [0.05, 0.1) is 28.3 Å². The van der Waals surface area contributed by atoms with Crippen molar-refractivity contribution in [3.63, 3.8) is 0 Å². The maximum Gasteiger partial charge on any atom is 0.416 e. The van der Waals surface area contributed by atoms with Gasteiger partial charge >= 0.3 is 12.1 Å². The van der Waals surface area contributed by atoms with E-state index in [0.717, 1.165) is 28.6 Å². The molecule has 3 rings (SSSR count). The molecule has 6 nitrogen and oxygen atoms in total. The van der Waals surface area contributed by atoms with Gasteiger partial charge in [-0.3, -0.25) is 9.10 Å². The van der Waals surface area contributed by atoms with Gasteiger partial charge in [0.2, 0.25) is 0 Å². The van der Waals surface area contributed by atoms with Crippen molar-refractivity contribution in [3.8, 4) is 0 Å². The largest absolute Gasteiger partial charge is 0.451 e. The van der Waals surface area contributed by atoms with Crippen LogP contribution in [0.15, 0.2) is 66.1 Å². The molecule has 2 aromatic carbocycles. The Hall–Kier alpha value is -3.14. The Morgan fingerprint density at radius 1 is 1.19 bits per heavy atom. The number of hydrogen-bond donors (Lipinski definition) is 0. The van der Waals surface area contributed by atoms with Gasteiger partial charge < -0.3 is 4.74 Å². The number of nitrogens with zero attached hydrogens (tertiary/aromatic N) is 1. The van der Waals surface area contributed by atoms with Gasteiger partial charge in [0.25, 0.3) is 10.0 Å². The third-order valence-corrected chi connectivity index (χ3v) is 6.70. The lowest BCUT2D eigenvalue weighted by atomic mass is 10.2. The summed E-state index contributed by atoms with van der Waals surface area (Å²) < 4.78 is 71.8. The monoisotopic (exact) mass is 467 g/mol. The van der Waals surface area contributed by atoms with Crippen molar-refractivity contribution in [3.05, 3.63) is 72.3 Å². The molecule has 32 heavy (non-hydrogen) atoms. The van der Waals surface area contributed by atoms with Crippen LogP contribution in [0.25, 0.3) is 0 Å². The summed E-state index contributed by atoms with van der Waals surface area (Å²) in [6.45, 7) is 3.18. The van der Waals surface area contributed by atoms with Gasteiger partial charge in [-0.2, -0.15) is 13.2 Å². The standard InChI is InChI=1S/C22H20F3NO5S/c1-2-12-26(17-8-4-7-16(14-17)22(23,24)25)32(29,30)18-9-3-6-15(13-18)21(28)31-20-11-5-10-19(20)27/h2-4,6-9,13-14,20H,1,5,10-12H2/t20-/m1/s1. The molecule has 1 aliphatic rings. The van der Waals surface area contributed by atoms with Crippen LogP contribution < -0.4 is 4.31 Å². The number of Topliss-reactive ketones (excluding diaryl/α,β-unsaturated/α-hetero) is 1. The summed E-state index contributed by atoms with van der Waals surface area (Å²) >= 11 is 0. The highest BCUT2D eigenvalue weighted by atomic mass is 32.2. The number of anilines is 1. The fraction of sp³-hybridized carbons (Fsp3) is 0.273. The Balaban J connectivity index is 1.94. The first-order valence-electron chi connectivity index (χ1n) is 9.68. The smallest absolute Gasteiger partial charge is 0.416 e. The van der Waals surface area contributed by atoms with Crippen LogP contribution in [-0.4, -0.2) is 32.8 Å². The van der Waals surface area contributed by atoms with E-state index in [1.165, 1.54) is 30.3 Å². The number of sulfonamides is 1. The van der Waals surface area contributed by atoms with Crippen LogP contribution in [0.2, 0.25) is 0 Å². The molecule has 10 heteroatoms. The van der Waals surface area contributed by atoms with Gasteiger partial charge in [0.1, 0.15) is 0 Å². The molecule has 1 atom stereocenters. The van der Waals surface area contributed by atoms with E-state index in [9.17, 15) is 31.2 Å². The second kappa shape index (κ2) is 9.15. The highest BCUT2D eigenvalue weighted by Crippen LogP contribution is 2.33. The zero-order valence-corrected chi connectivity index (χ0v) is 17.7. The van der Waals surface area contributed by atoms with Crippen LogP contribution >= 0.6 is 0 Å². The second-order valence-electron chi connectivity index (χ2n) is 7.15. The number of ketones is 1. The number of hydrogen-bond acceptors (Lipinski definition) is 5. The van der Waals surface area contributed by atoms with Crippen molar-refractivity contribution in [2.45, 2.75) is 36.4 Å². The zero-order valence-electron chi connectivity index (χ0n) is 16.8. The highest BCUT2D eigenvalue weighted by Gasteiger charge is 2.33. The maximum absolute atomic E-state index is 13.2. The molecule has 0 N–H and O–H groups in total. The van der Waals surface area contributed by atoms with E-state index in [1.807, 2.05) is 0 Å². The molecule has 0 heterocycles. The normalized spacial score (nSPS) is 16.6. The van der Waals surface area contributed by atoms with Crippen molar-refractivity contribution in [1.29, 1.82) is 0 Å². The molecule has 0 radical (unpaired) electrons. The molecule has 1 aliphatic carbocycles. The van der Waals surface area contributed by atoms with Gasteiger partial charge in [-0.15, -0.1) is 6.58 Å². The highest BCUT2D eigenvalue weighted by molar-refractivity contribution is 7.92. The van der Waals surface area contributed by atoms with Crippen LogP contribution in [0.1, 0.15) is 35.2 Å². The Morgan fingerprint density at radius 3 is 2.53 bits per heavy atom. The quantitative estimate of drug-likeness (QED) is 0.446. The molecule has 0 saturated heterocycles. The summed E-state index contributed by atoms with van der Waals surface area (Å²) in [6, 6.07) is 8.85. The molecule has 1 fully saturated rings. The molecule has 2 aromatic rings. The van der Waals surface area contributed by atoms with E-state index >= 15 is 0 Å². The first-order valence-corrected chi connectivity index (χ1v) is 11.1. The summed E-state index contributed by atoms with van der Waals surface area (Å²) in [5, 5.41) is 0. The average molecular weight is 467 g/mol. The Bertz CT molecular complexity index is 1140. The minimum Gasteiger partial charge on any atom is -0.451 e. The lowest BCUT2D eigenvalue weighted by Crippen LogP contribution is -2.31. The molecular formula is C22H20F3NO5S. The van der Waals surface area contributed by atoms with Gasteiger partial charge in [-0.25, -0.2) is 13.2 Å². The predicted octanol–water partition coefficient (Wildman–Crippen LogP) is 4.37. The van der Waals surface area contributed by atoms with Crippen LogP contribution in [0.4, 0.5) is 18.9 Å². The Kier molecular flexibility index (Phi) is 6.73. The lowest BCUT2D eigenvalue weighted by molar-refractivity contribution is -0.137. The molecule has 0 bridgehead atoms. The van der Waals surface area contributed by atoms with Crippen LogP contribution in [0.5, 0.6) is 0 Å². The second-order valence-corrected chi connectivity index (χ2v) is 9.02. The topological polar surface area (TPSA) is 80.8 Å². The lowest BCUT2D eigenvalue weighted by Gasteiger charge is -2.24. The number of rotatable bonds is 7. The number of halogens is 3. The zero-order chi connectivity index (χ0) is 23.5. The van der Waals surface area contributed by atoms with Crippen LogP contribution in [0.3, 0.4) is 0 Å². The Labute approximate surface area is 183 Å². The number of ether oxygens (including phenoxy) is 1. The van der Waals surface area contributed by atoms with Crippen LogP contribution in [0, 0.1) is 0 Å². The summed E-state index contributed by atoms with van der Waals surface area (Å²) in [6.07, 6.45) is -2.93.